The minimum Gasteiger partial charge on any atom is -0.335 e. The molecule has 0 bridgehead atoms. The Labute approximate surface area is 157 Å². The number of carbonyl (C=O) groups excluding carboxylic acids is 1. The summed E-state index contributed by atoms with van der Waals surface area (Å²) >= 11 is 1.71. The van der Waals surface area contributed by atoms with Gasteiger partial charge in [-0.05, 0) is 46.8 Å². The Morgan fingerprint density at radius 3 is 2.62 bits per heavy atom. The first kappa shape index (κ1) is 18.3. The van der Waals surface area contributed by atoms with E-state index in [1.807, 2.05) is 26.8 Å². The van der Waals surface area contributed by atoms with Gasteiger partial charge in [0.15, 0.2) is 0 Å². The Balaban J connectivity index is 2.19. The van der Waals surface area contributed by atoms with Crippen molar-refractivity contribution in [3.05, 3.63) is 45.3 Å². The van der Waals surface area contributed by atoms with Crippen LogP contribution in [-0.2, 0) is 0 Å². The van der Waals surface area contributed by atoms with Crippen LogP contribution in [0.3, 0.4) is 0 Å². The lowest BCUT2D eigenvalue weighted by molar-refractivity contribution is 0.0780. The lowest BCUT2D eigenvalue weighted by Gasteiger charge is -2.21. The molecule has 0 atom stereocenters. The standard InChI is InChI=1S/C20H23N3O2S/c1-7-23(10-11(2)3)20(24)16-9-17(15-8-12(4)26-14(15)6)21-19-18(16)13(5)22-25-19/h8-9H,2,7,10H2,1,3-6H3. The van der Waals surface area contributed by atoms with Crippen molar-refractivity contribution < 1.29 is 9.32 Å². The number of hydrogen-bond donors (Lipinski definition) is 0. The molecule has 6 heteroatoms. The molecule has 0 saturated carbocycles. The highest BCUT2D eigenvalue weighted by Gasteiger charge is 2.23. The predicted octanol–water partition coefficient (Wildman–Crippen LogP) is 4.91. The van der Waals surface area contributed by atoms with Crippen molar-refractivity contribution in [2.24, 2.45) is 0 Å². The molecule has 3 rings (SSSR count). The summed E-state index contributed by atoms with van der Waals surface area (Å²) in [6.45, 7) is 14.9. The van der Waals surface area contributed by atoms with Crippen molar-refractivity contribution in [3.8, 4) is 11.3 Å². The van der Waals surface area contributed by atoms with E-state index in [0.717, 1.165) is 16.8 Å². The van der Waals surface area contributed by atoms with Gasteiger partial charge in [0, 0.05) is 28.4 Å². The van der Waals surface area contributed by atoms with E-state index in [0.29, 0.717) is 35.4 Å². The van der Waals surface area contributed by atoms with Gasteiger partial charge >= 0.3 is 0 Å². The maximum Gasteiger partial charge on any atom is 0.259 e. The van der Waals surface area contributed by atoms with Crippen molar-refractivity contribution >= 4 is 28.3 Å². The molecule has 0 aliphatic rings. The Morgan fingerprint density at radius 1 is 1.31 bits per heavy atom. The van der Waals surface area contributed by atoms with E-state index in [1.165, 1.54) is 9.75 Å². The van der Waals surface area contributed by atoms with Crippen molar-refractivity contribution in [3.63, 3.8) is 0 Å². The maximum atomic E-state index is 13.2. The number of fused-ring (bicyclic) bond motifs is 1. The van der Waals surface area contributed by atoms with Gasteiger partial charge in [-0.15, -0.1) is 11.3 Å². The quantitative estimate of drug-likeness (QED) is 0.599. The van der Waals surface area contributed by atoms with Crippen LogP contribution in [0.2, 0.25) is 0 Å². The van der Waals surface area contributed by atoms with Gasteiger partial charge < -0.3 is 9.42 Å². The van der Waals surface area contributed by atoms with Gasteiger partial charge in [0.1, 0.15) is 0 Å². The second-order valence-corrected chi connectivity index (χ2v) is 8.07. The zero-order chi connectivity index (χ0) is 19.0. The third-order valence-electron chi connectivity index (χ3n) is 4.29. The van der Waals surface area contributed by atoms with Gasteiger partial charge in [0.2, 0.25) is 0 Å². The average Bonchev–Trinajstić information content (AvgIpc) is 3.13. The Kier molecular flexibility index (Phi) is 4.96. The van der Waals surface area contributed by atoms with Gasteiger partial charge in [0.25, 0.3) is 11.6 Å². The van der Waals surface area contributed by atoms with Gasteiger partial charge in [-0.3, -0.25) is 4.79 Å². The number of nitrogens with zero attached hydrogens (tertiary/aromatic N) is 3. The lowest BCUT2D eigenvalue weighted by atomic mass is 10.0. The molecule has 3 heterocycles. The predicted molar refractivity (Wildman–Crippen MR) is 106 cm³/mol. The number of amides is 1. The van der Waals surface area contributed by atoms with E-state index >= 15 is 0 Å². The van der Waals surface area contributed by atoms with Crippen LogP contribution in [0.1, 0.15) is 39.7 Å². The minimum atomic E-state index is -0.0555. The smallest absolute Gasteiger partial charge is 0.259 e. The number of likely N-dealkylation sites (N-methyl/N-ethyl adjacent to an activating group) is 1. The van der Waals surface area contributed by atoms with Crippen LogP contribution in [0.5, 0.6) is 0 Å². The fraction of sp³-hybridized carbons (Fsp3) is 0.350. The normalized spacial score (nSPS) is 11.1. The fourth-order valence-electron chi connectivity index (χ4n) is 3.11. The number of carbonyl (C=O) groups is 1. The zero-order valence-electron chi connectivity index (χ0n) is 15.8. The molecule has 0 unspecified atom stereocenters. The molecule has 0 fully saturated rings. The molecule has 3 aromatic rings. The molecular weight excluding hydrogens is 346 g/mol. The largest absolute Gasteiger partial charge is 0.335 e. The zero-order valence-corrected chi connectivity index (χ0v) is 16.7. The highest BCUT2D eigenvalue weighted by atomic mass is 32.1. The molecule has 0 aliphatic carbocycles. The van der Waals surface area contributed by atoms with Gasteiger partial charge in [0.05, 0.1) is 22.3 Å². The average molecular weight is 369 g/mol. The summed E-state index contributed by atoms with van der Waals surface area (Å²) in [5, 5.41) is 4.71. The summed E-state index contributed by atoms with van der Waals surface area (Å²) < 4.78 is 5.40. The molecular formula is C20H23N3O2S. The van der Waals surface area contributed by atoms with Crippen LogP contribution in [-0.4, -0.2) is 34.0 Å². The Bertz CT molecular complexity index is 1000. The number of hydrogen-bond acceptors (Lipinski definition) is 5. The molecule has 3 aromatic heterocycles. The molecule has 0 spiro atoms. The Hall–Kier alpha value is -2.47. The second-order valence-electron chi connectivity index (χ2n) is 6.61. The van der Waals surface area contributed by atoms with E-state index in [-0.39, 0.29) is 5.91 Å². The van der Waals surface area contributed by atoms with Crippen LogP contribution >= 0.6 is 11.3 Å². The van der Waals surface area contributed by atoms with Crippen LogP contribution in [0.25, 0.3) is 22.4 Å². The monoisotopic (exact) mass is 369 g/mol. The van der Waals surface area contributed by atoms with E-state index in [4.69, 9.17) is 4.52 Å². The summed E-state index contributed by atoms with van der Waals surface area (Å²) in [4.78, 5) is 22.0. The first-order chi connectivity index (χ1) is 12.3. The van der Waals surface area contributed by atoms with Crippen molar-refractivity contribution in [1.82, 2.24) is 15.0 Å². The third-order valence-corrected chi connectivity index (χ3v) is 5.26. The molecule has 136 valence electrons. The molecule has 26 heavy (non-hydrogen) atoms. The summed E-state index contributed by atoms with van der Waals surface area (Å²) in [5.41, 5.74) is 4.36. The SMILES string of the molecule is C=C(C)CN(CC)C(=O)c1cc(-c2cc(C)sc2C)nc2onc(C)c12. The van der Waals surface area contributed by atoms with Gasteiger partial charge in [-0.25, -0.2) is 4.98 Å². The number of rotatable bonds is 5. The van der Waals surface area contributed by atoms with E-state index < -0.39 is 0 Å². The van der Waals surface area contributed by atoms with Crippen molar-refractivity contribution in [2.75, 3.05) is 13.1 Å². The number of thiophene rings is 1. The lowest BCUT2D eigenvalue weighted by Crippen LogP contribution is -2.32. The molecule has 5 nitrogen and oxygen atoms in total. The first-order valence-electron chi connectivity index (χ1n) is 8.59. The fourth-order valence-corrected chi connectivity index (χ4v) is 4.04. The number of aryl methyl sites for hydroxylation is 3. The molecule has 0 aromatic carbocycles. The topological polar surface area (TPSA) is 59.2 Å². The number of pyridine rings is 1. The highest BCUT2D eigenvalue weighted by molar-refractivity contribution is 7.12. The van der Waals surface area contributed by atoms with Crippen LogP contribution in [0, 0.1) is 20.8 Å². The van der Waals surface area contributed by atoms with Gasteiger partial charge in [-0.1, -0.05) is 17.3 Å². The summed E-state index contributed by atoms with van der Waals surface area (Å²) in [5.74, 6) is -0.0555. The Morgan fingerprint density at radius 2 is 2.04 bits per heavy atom. The van der Waals surface area contributed by atoms with Gasteiger partial charge in [-0.2, -0.15) is 0 Å². The maximum absolute atomic E-state index is 13.2. The van der Waals surface area contributed by atoms with Crippen LogP contribution < -0.4 is 0 Å². The summed E-state index contributed by atoms with van der Waals surface area (Å²) in [6.07, 6.45) is 0. The third kappa shape index (κ3) is 3.29. The molecule has 0 aliphatic heterocycles. The summed E-state index contributed by atoms with van der Waals surface area (Å²) in [6, 6.07) is 3.96. The number of aromatic nitrogens is 2. The van der Waals surface area contributed by atoms with Crippen LogP contribution in [0.4, 0.5) is 0 Å². The van der Waals surface area contributed by atoms with Crippen molar-refractivity contribution in [2.45, 2.75) is 34.6 Å². The van der Waals surface area contributed by atoms with E-state index in [2.05, 4.69) is 36.6 Å². The summed E-state index contributed by atoms with van der Waals surface area (Å²) in [7, 11) is 0. The molecule has 0 saturated heterocycles. The van der Waals surface area contributed by atoms with Crippen LogP contribution in [0.15, 0.2) is 28.8 Å². The van der Waals surface area contributed by atoms with E-state index in [9.17, 15) is 4.79 Å². The highest BCUT2D eigenvalue weighted by Crippen LogP contribution is 2.33. The second kappa shape index (κ2) is 7.03. The van der Waals surface area contributed by atoms with Crippen molar-refractivity contribution in [1.29, 1.82) is 0 Å². The molecule has 1 amide bonds. The first-order valence-corrected chi connectivity index (χ1v) is 9.41. The minimum absolute atomic E-state index is 0.0555. The molecule has 0 radical (unpaired) electrons. The molecule has 0 N–H and O–H groups in total. The van der Waals surface area contributed by atoms with E-state index in [1.54, 1.807) is 16.2 Å².